The van der Waals surface area contributed by atoms with Crippen LogP contribution >= 0.6 is 23.1 Å². The lowest BCUT2D eigenvalue weighted by Gasteiger charge is -2.09. The zero-order valence-corrected chi connectivity index (χ0v) is 13.4. The maximum Gasteiger partial charge on any atom is 0.152 e. The van der Waals surface area contributed by atoms with E-state index in [1.807, 2.05) is 6.92 Å². The third-order valence-corrected chi connectivity index (χ3v) is 5.85. The van der Waals surface area contributed by atoms with Crippen molar-refractivity contribution in [3.8, 4) is 0 Å². The van der Waals surface area contributed by atoms with Crippen LogP contribution in [0.15, 0.2) is 21.4 Å². The molecule has 2 nitrogen and oxygen atoms in total. The van der Waals surface area contributed by atoms with E-state index in [0.717, 1.165) is 22.9 Å². The minimum absolute atomic E-state index is 0.0107. The van der Waals surface area contributed by atoms with Crippen molar-refractivity contribution in [1.29, 1.82) is 0 Å². The van der Waals surface area contributed by atoms with Crippen LogP contribution in [0.1, 0.15) is 46.2 Å². The fourth-order valence-electron chi connectivity index (χ4n) is 1.99. The first-order valence-corrected chi connectivity index (χ1v) is 7.99. The molecular formula is C14H21NOS2. The Hall–Kier alpha value is -0.320. The highest BCUT2D eigenvalue weighted by Gasteiger charge is 2.64. The molecular weight excluding hydrogens is 262 g/mol. The van der Waals surface area contributed by atoms with Gasteiger partial charge in [0.15, 0.2) is 4.34 Å². The summed E-state index contributed by atoms with van der Waals surface area (Å²) >= 11 is 3.47. The lowest BCUT2D eigenvalue weighted by Crippen LogP contribution is -2.16. The summed E-state index contributed by atoms with van der Waals surface area (Å²) in [6, 6.07) is 0. The Bertz CT molecular complexity index is 464. The van der Waals surface area contributed by atoms with Gasteiger partial charge in [0.05, 0.1) is 0 Å². The Labute approximate surface area is 118 Å². The van der Waals surface area contributed by atoms with Crippen molar-refractivity contribution in [1.82, 2.24) is 4.98 Å². The summed E-state index contributed by atoms with van der Waals surface area (Å²) in [5.74, 6) is 0. The summed E-state index contributed by atoms with van der Waals surface area (Å²) in [5, 5.41) is 2.09. The molecule has 2 unspecified atom stereocenters. The monoisotopic (exact) mass is 283 g/mol. The first-order valence-electron chi connectivity index (χ1n) is 6.29. The lowest BCUT2D eigenvalue weighted by molar-refractivity contribution is 0.295. The van der Waals surface area contributed by atoms with E-state index in [-0.39, 0.29) is 10.5 Å². The van der Waals surface area contributed by atoms with Gasteiger partial charge in [-0.25, -0.2) is 4.98 Å². The molecule has 1 aliphatic rings. The highest BCUT2D eigenvalue weighted by Crippen LogP contribution is 2.60. The number of rotatable bonds is 5. The van der Waals surface area contributed by atoms with Gasteiger partial charge in [0, 0.05) is 11.1 Å². The van der Waals surface area contributed by atoms with Crippen LogP contribution in [0.25, 0.3) is 0 Å². The Morgan fingerprint density at radius 3 is 2.78 bits per heavy atom. The molecule has 1 saturated heterocycles. The van der Waals surface area contributed by atoms with Crippen molar-refractivity contribution in [3.05, 3.63) is 22.7 Å². The van der Waals surface area contributed by atoms with E-state index in [9.17, 15) is 0 Å². The quantitative estimate of drug-likeness (QED) is 0.573. The van der Waals surface area contributed by atoms with Crippen molar-refractivity contribution in [3.63, 3.8) is 0 Å². The zero-order valence-electron chi connectivity index (χ0n) is 11.7. The first-order chi connectivity index (χ1) is 8.35. The molecule has 1 aromatic rings. The molecule has 0 spiro atoms. The minimum atomic E-state index is -0.104. The van der Waals surface area contributed by atoms with Gasteiger partial charge in [-0.1, -0.05) is 23.4 Å². The van der Waals surface area contributed by atoms with Crippen molar-refractivity contribution in [2.75, 3.05) is 0 Å². The molecule has 18 heavy (non-hydrogen) atoms. The number of ether oxygens (including phenoxy) is 1. The molecule has 1 aliphatic heterocycles. The van der Waals surface area contributed by atoms with E-state index >= 15 is 0 Å². The van der Waals surface area contributed by atoms with Gasteiger partial charge in [0.2, 0.25) is 0 Å². The largest absolute Gasteiger partial charge is 0.351 e. The molecule has 2 atom stereocenters. The number of nitrogens with zero attached hydrogens (tertiary/aromatic N) is 1. The van der Waals surface area contributed by atoms with Gasteiger partial charge < -0.3 is 4.74 Å². The third-order valence-electron chi connectivity index (χ3n) is 3.39. The van der Waals surface area contributed by atoms with Crippen LogP contribution in [0.2, 0.25) is 0 Å². The van der Waals surface area contributed by atoms with Gasteiger partial charge in [-0.05, 0) is 47.5 Å². The molecule has 0 N–H and O–H groups in total. The fraction of sp³-hybridized carbons (Fsp3) is 0.643. The van der Waals surface area contributed by atoms with Crippen molar-refractivity contribution in [2.24, 2.45) is 0 Å². The van der Waals surface area contributed by atoms with E-state index in [1.165, 1.54) is 5.57 Å². The highest BCUT2D eigenvalue weighted by atomic mass is 32.2. The Morgan fingerprint density at radius 1 is 1.50 bits per heavy atom. The molecule has 1 fully saturated rings. The second kappa shape index (κ2) is 4.99. The van der Waals surface area contributed by atoms with Crippen molar-refractivity contribution < 1.29 is 4.74 Å². The van der Waals surface area contributed by atoms with Crippen LogP contribution < -0.4 is 0 Å². The molecule has 1 aromatic heterocycles. The first kappa shape index (κ1) is 14.1. The van der Waals surface area contributed by atoms with Gasteiger partial charge in [-0.15, -0.1) is 11.3 Å². The van der Waals surface area contributed by atoms with Gasteiger partial charge in [0.25, 0.3) is 0 Å². The number of hydrogen-bond acceptors (Lipinski definition) is 4. The number of thioether (sulfide) groups is 1. The molecule has 100 valence electrons. The van der Waals surface area contributed by atoms with E-state index in [2.05, 4.69) is 44.1 Å². The van der Waals surface area contributed by atoms with E-state index in [4.69, 9.17) is 4.74 Å². The summed E-state index contributed by atoms with van der Waals surface area (Å²) in [4.78, 5) is 4.40. The second-order valence-electron chi connectivity index (χ2n) is 5.46. The number of epoxide rings is 1. The van der Waals surface area contributed by atoms with Crippen molar-refractivity contribution in [2.45, 2.75) is 62.3 Å². The van der Waals surface area contributed by atoms with Crippen LogP contribution in [0.3, 0.4) is 0 Å². The molecule has 4 heteroatoms. The summed E-state index contributed by atoms with van der Waals surface area (Å²) in [6.45, 7) is 10.7. The van der Waals surface area contributed by atoms with Gasteiger partial charge in [-0.3, -0.25) is 0 Å². The summed E-state index contributed by atoms with van der Waals surface area (Å²) in [6.07, 6.45) is 4.45. The maximum atomic E-state index is 5.99. The van der Waals surface area contributed by atoms with Crippen LogP contribution in [-0.4, -0.2) is 15.5 Å². The lowest BCUT2D eigenvalue weighted by atomic mass is 10.0. The normalized spacial score (nSPS) is 30.3. The van der Waals surface area contributed by atoms with Gasteiger partial charge >= 0.3 is 0 Å². The summed E-state index contributed by atoms with van der Waals surface area (Å²) < 4.78 is 7.10. The third kappa shape index (κ3) is 2.98. The van der Waals surface area contributed by atoms with Crippen LogP contribution in [0, 0.1) is 6.92 Å². The van der Waals surface area contributed by atoms with Crippen LogP contribution in [0.5, 0.6) is 0 Å². The van der Waals surface area contributed by atoms with Crippen LogP contribution in [0.4, 0.5) is 0 Å². The molecule has 0 bridgehead atoms. The van der Waals surface area contributed by atoms with Gasteiger partial charge in [0.1, 0.15) is 10.5 Å². The summed E-state index contributed by atoms with van der Waals surface area (Å²) in [5.41, 5.74) is 2.46. The number of allylic oxidation sites excluding steroid dienone is 2. The Balaban J connectivity index is 1.92. The number of thiazole rings is 1. The second-order valence-corrected chi connectivity index (χ2v) is 7.94. The standard InChI is InChI=1S/C14H21NOS2/c1-10(2)7-6-8-13(4)14(5,16-13)18-12-15-11(3)9-17-12/h7,9H,6,8H2,1-5H3. The average molecular weight is 283 g/mol. The molecule has 2 heterocycles. The predicted octanol–water partition coefficient (Wildman–Crippen LogP) is 4.80. The van der Waals surface area contributed by atoms with E-state index < -0.39 is 0 Å². The SMILES string of the molecule is CC(C)=CCCC1(C)OC1(C)Sc1nc(C)cs1. The Kier molecular flexibility index (Phi) is 3.90. The van der Waals surface area contributed by atoms with Crippen molar-refractivity contribution >= 4 is 23.1 Å². The zero-order chi connectivity index (χ0) is 13.4. The number of aromatic nitrogens is 1. The smallest absolute Gasteiger partial charge is 0.152 e. The molecule has 0 aromatic carbocycles. The number of aryl methyl sites for hydroxylation is 1. The molecule has 2 rings (SSSR count). The van der Waals surface area contributed by atoms with E-state index in [0.29, 0.717) is 0 Å². The molecule has 0 saturated carbocycles. The topological polar surface area (TPSA) is 25.4 Å². The van der Waals surface area contributed by atoms with Crippen LogP contribution in [-0.2, 0) is 4.74 Å². The highest BCUT2D eigenvalue weighted by molar-refractivity contribution is 8.02. The van der Waals surface area contributed by atoms with Gasteiger partial charge in [-0.2, -0.15) is 0 Å². The average Bonchev–Trinajstić information content (AvgIpc) is 2.57. The fourth-order valence-corrected chi connectivity index (χ4v) is 4.39. The maximum absolute atomic E-state index is 5.99. The molecule has 0 aliphatic carbocycles. The molecule has 0 radical (unpaired) electrons. The number of hydrogen-bond donors (Lipinski definition) is 0. The Morgan fingerprint density at radius 2 is 2.22 bits per heavy atom. The predicted molar refractivity (Wildman–Crippen MR) is 79.3 cm³/mol. The van der Waals surface area contributed by atoms with E-state index in [1.54, 1.807) is 23.1 Å². The molecule has 0 amide bonds. The minimum Gasteiger partial charge on any atom is -0.351 e. The summed E-state index contributed by atoms with van der Waals surface area (Å²) in [7, 11) is 0.